The van der Waals surface area contributed by atoms with Crippen molar-refractivity contribution >= 4 is 17.0 Å². The summed E-state index contributed by atoms with van der Waals surface area (Å²) in [6, 6.07) is 12.7. The normalized spacial score (nSPS) is 11.5. The van der Waals surface area contributed by atoms with Gasteiger partial charge in [0, 0.05) is 23.1 Å². The highest BCUT2D eigenvalue weighted by atomic mass is 19.1. The molecule has 1 N–H and O–H groups in total. The topological polar surface area (TPSA) is 92.8 Å². The molecule has 2 heterocycles. The van der Waals surface area contributed by atoms with Crippen LogP contribution in [0.4, 0.5) is 13.6 Å². The molecule has 184 valence electrons. The van der Waals surface area contributed by atoms with Crippen molar-refractivity contribution in [3.8, 4) is 28.6 Å². The number of nitrogens with zero attached hydrogens (tertiary/aromatic N) is 4. The van der Waals surface area contributed by atoms with Crippen LogP contribution in [0.5, 0.6) is 0 Å². The number of ether oxygens (including phenoxy) is 1. The molecule has 2 aromatic heterocycles. The lowest BCUT2D eigenvalue weighted by Crippen LogP contribution is -2.27. The maximum absolute atomic E-state index is 15.3. The molecule has 0 saturated carbocycles. The number of carbonyl (C=O) groups is 1. The fourth-order valence-electron chi connectivity index (χ4n) is 4.10. The van der Waals surface area contributed by atoms with E-state index >= 15 is 4.39 Å². The van der Waals surface area contributed by atoms with Crippen molar-refractivity contribution in [2.24, 2.45) is 0 Å². The Kier molecular flexibility index (Phi) is 6.57. The lowest BCUT2D eigenvalue weighted by atomic mass is 9.92. The standard InChI is InChI=1S/C27H25F2N5O2/c1-15-9-16(14-31-5)10-20(28)24(15)18-12-19-22(11-17(18)13-30)34(26(35)36-27(2,3)4)33-25(19)21-7-6-8-23(29)32-21/h6-12,31H,14H2,1-5H3. The molecule has 0 atom stereocenters. The first-order valence-electron chi connectivity index (χ1n) is 11.3. The van der Waals surface area contributed by atoms with Crippen LogP contribution in [0.15, 0.2) is 42.5 Å². The molecule has 0 aliphatic rings. The van der Waals surface area contributed by atoms with Crippen LogP contribution in [0.1, 0.15) is 37.5 Å². The fraction of sp³-hybridized carbons (Fsp3) is 0.259. The maximum Gasteiger partial charge on any atom is 0.435 e. The van der Waals surface area contributed by atoms with E-state index in [4.69, 9.17) is 4.74 Å². The summed E-state index contributed by atoms with van der Waals surface area (Å²) < 4.78 is 35.8. The van der Waals surface area contributed by atoms with Crippen molar-refractivity contribution in [2.45, 2.75) is 39.8 Å². The Morgan fingerprint density at radius 1 is 1.19 bits per heavy atom. The van der Waals surface area contributed by atoms with Crippen molar-refractivity contribution in [3.05, 3.63) is 70.9 Å². The second-order valence-corrected chi connectivity index (χ2v) is 9.41. The van der Waals surface area contributed by atoms with Gasteiger partial charge in [-0.25, -0.2) is 14.2 Å². The second-order valence-electron chi connectivity index (χ2n) is 9.41. The van der Waals surface area contributed by atoms with Gasteiger partial charge in [0.1, 0.15) is 17.1 Å². The number of fused-ring (bicyclic) bond motifs is 1. The van der Waals surface area contributed by atoms with Crippen LogP contribution in [-0.4, -0.2) is 33.5 Å². The average molecular weight is 490 g/mol. The minimum Gasteiger partial charge on any atom is -0.442 e. The van der Waals surface area contributed by atoms with Crippen LogP contribution >= 0.6 is 0 Å². The lowest BCUT2D eigenvalue weighted by Gasteiger charge is -2.19. The molecule has 36 heavy (non-hydrogen) atoms. The van der Waals surface area contributed by atoms with Gasteiger partial charge in [0.25, 0.3) is 0 Å². The third-order valence-corrected chi connectivity index (χ3v) is 5.46. The molecular formula is C27H25F2N5O2. The quantitative estimate of drug-likeness (QED) is 0.368. The van der Waals surface area contributed by atoms with Crippen LogP contribution in [0.2, 0.25) is 0 Å². The number of benzene rings is 2. The summed E-state index contributed by atoms with van der Waals surface area (Å²) in [5, 5.41) is 17.7. The largest absolute Gasteiger partial charge is 0.442 e. The predicted molar refractivity (Wildman–Crippen MR) is 132 cm³/mol. The summed E-state index contributed by atoms with van der Waals surface area (Å²) in [7, 11) is 1.77. The predicted octanol–water partition coefficient (Wildman–Crippen LogP) is 5.73. The minimum absolute atomic E-state index is 0.148. The van der Waals surface area contributed by atoms with Crippen LogP contribution in [0.25, 0.3) is 33.4 Å². The second kappa shape index (κ2) is 9.47. The highest BCUT2D eigenvalue weighted by molar-refractivity contribution is 6.00. The third kappa shape index (κ3) is 4.81. The molecule has 4 aromatic rings. The number of rotatable bonds is 4. The first kappa shape index (κ1) is 24.9. The summed E-state index contributed by atoms with van der Waals surface area (Å²) in [6.07, 6.45) is -0.773. The van der Waals surface area contributed by atoms with Gasteiger partial charge in [-0.3, -0.25) is 0 Å². The van der Waals surface area contributed by atoms with Crippen molar-refractivity contribution in [2.75, 3.05) is 7.05 Å². The van der Waals surface area contributed by atoms with E-state index in [1.54, 1.807) is 46.9 Å². The van der Waals surface area contributed by atoms with Crippen molar-refractivity contribution < 1.29 is 18.3 Å². The Morgan fingerprint density at radius 3 is 2.56 bits per heavy atom. The van der Waals surface area contributed by atoms with Gasteiger partial charge in [-0.05, 0) is 76.2 Å². The molecule has 0 aliphatic heterocycles. The van der Waals surface area contributed by atoms with E-state index in [1.165, 1.54) is 24.3 Å². The monoisotopic (exact) mass is 489 g/mol. The average Bonchev–Trinajstić information content (AvgIpc) is 3.16. The Morgan fingerprint density at radius 2 is 1.94 bits per heavy atom. The van der Waals surface area contributed by atoms with Gasteiger partial charge >= 0.3 is 6.09 Å². The molecule has 0 bridgehead atoms. The number of nitriles is 1. The lowest BCUT2D eigenvalue weighted by molar-refractivity contribution is 0.0523. The number of halogens is 2. The van der Waals surface area contributed by atoms with E-state index in [0.29, 0.717) is 23.1 Å². The van der Waals surface area contributed by atoms with Crippen LogP contribution in [0, 0.1) is 30.0 Å². The number of aromatic nitrogens is 3. The van der Waals surface area contributed by atoms with E-state index in [1.807, 2.05) is 6.07 Å². The Labute approximate surface area is 207 Å². The summed E-state index contributed by atoms with van der Waals surface area (Å²) in [5.74, 6) is -1.20. The zero-order valence-corrected chi connectivity index (χ0v) is 20.6. The summed E-state index contributed by atoms with van der Waals surface area (Å²) >= 11 is 0. The minimum atomic E-state index is -0.806. The Hall–Kier alpha value is -4.16. The summed E-state index contributed by atoms with van der Waals surface area (Å²) in [6.45, 7) is 7.40. The van der Waals surface area contributed by atoms with Crippen molar-refractivity contribution in [1.82, 2.24) is 20.1 Å². The Balaban J connectivity index is 2.03. The van der Waals surface area contributed by atoms with E-state index in [2.05, 4.69) is 21.5 Å². The summed E-state index contributed by atoms with van der Waals surface area (Å²) in [4.78, 5) is 16.9. The smallest absolute Gasteiger partial charge is 0.435 e. The first-order valence-corrected chi connectivity index (χ1v) is 11.3. The molecule has 0 spiro atoms. The number of hydrogen-bond acceptors (Lipinski definition) is 6. The molecule has 0 amide bonds. The number of pyridine rings is 1. The zero-order chi connectivity index (χ0) is 26.2. The van der Waals surface area contributed by atoms with Gasteiger partial charge in [0.05, 0.1) is 22.8 Å². The van der Waals surface area contributed by atoms with E-state index in [0.717, 1.165) is 10.2 Å². The third-order valence-electron chi connectivity index (χ3n) is 5.46. The molecule has 4 rings (SSSR count). The molecule has 0 aliphatic carbocycles. The van der Waals surface area contributed by atoms with Gasteiger partial charge in [0.2, 0.25) is 5.95 Å². The van der Waals surface area contributed by atoms with Gasteiger partial charge in [-0.2, -0.15) is 19.4 Å². The molecule has 2 aromatic carbocycles. The molecule has 0 saturated heterocycles. The van der Waals surface area contributed by atoms with E-state index in [9.17, 15) is 14.4 Å². The van der Waals surface area contributed by atoms with Crippen molar-refractivity contribution in [1.29, 1.82) is 5.26 Å². The zero-order valence-electron chi connectivity index (χ0n) is 20.6. The SMILES string of the molecule is CNCc1cc(C)c(-c2cc3c(-c4cccc(F)n4)nn(C(=O)OC(C)(C)C)c3cc2C#N)c(F)c1. The molecule has 0 unspecified atom stereocenters. The molecule has 7 nitrogen and oxygen atoms in total. The van der Waals surface area contributed by atoms with Crippen LogP contribution < -0.4 is 5.32 Å². The molecule has 9 heteroatoms. The number of hydrogen-bond donors (Lipinski definition) is 1. The van der Waals surface area contributed by atoms with Gasteiger partial charge in [0.15, 0.2) is 0 Å². The van der Waals surface area contributed by atoms with Crippen molar-refractivity contribution in [3.63, 3.8) is 0 Å². The highest BCUT2D eigenvalue weighted by Crippen LogP contribution is 2.37. The van der Waals surface area contributed by atoms with E-state index in [-0.39, 0.29) is 28.0 Å². The van der Waals surface area contributed by atoms with Gasteiger partial charge in [-0.1, -0.05) is 12.1 Å². The molecular weight excluding hydrogens is 464 g/mol. The van der Waals surface area contributed by atoms with Gasteiger partial charge < -0.3 is 10.1 Å². The first-order chi connectivity index (χ1) is 17.0. The van der Waals surface area contributed by atoms with E-state index < -0.39 is 23.5 Å². The summed E-state index contributed by atoms with van der Waals surface area (Å²) in [5.41, 5.74) is 1.98. The Bertz CT molecular complexity index is 1510. The van der Waals surface area contributed by atoms with Crippen LogP contribution in [-0.2, 0) is 11.3 Å². The van der Waals surface area contributed by atoms with Gasteiger partial charge in [-0.15, -0.1) is 0 Å². The molecule has 0 radical (unpaired) electrons. The molecule has 0 fully saturated rings. The number of carbonyl (C=O) groups excluding carboxylic acids is 1. The number of aryl methyl sites for hydroxylation is 1. The number of nitrogens with one attached hydrogen (secondary N) is 1. The highest BCUT2D eigenvalue weighted by Gasteiger charge is 2.25. The van der Waals surface area contributed by atoms with Crippen LogP contribution in [0.3, 0.4) is 0 Å². The maximum atomic E-state index is 15.3. The fourth-order valence-corrected chi connectivity index (χ4v) is 4.10.